The fraction of sp³-hybridized carbons (Fsp3) is 0.610. The van der Waals surface area contributed by atoms with Gasteiger partial charge in [-0.3, -0.25) is 0 Å². The molecule has 1 unspecified atom stereocenters. The summed E-state index contributed by atoms with van der Waals surface area (Å²) in [6.07, 6.45) is 3.21. The monoisotopic (exact) mass is 733 g/mol. The highest BCUT2D eigenvalue weighted by molar-refractivity contribution is 6.90. The molecule has 3 heterocycles. The highest BCUT2D eigenvalue weighted by Gasteiger charge is 2.44. The number of methoxy groups -OCH3 is 1. The van der Waals surface area contributed by atoms with Crippen LogP contribution in [0.3, 0.4) is 0 Å². The van der Waals surface area contributed by atoms with E-state index in [0.29, 0.717) is 65.1 Å². The van der Waals surface area contributed by atoms with Crippen molar-refractivity contribution in [1.82, 2.24) is 9.97 Å². The molecule has 0 spiro atoms. The van der Waals surface area contributed by atoms with Gasteiger partial charge >= 0.3 is 6.01 Å². The molecule has 1 aliphatic carbocycles. The molecule has 1 saturated carbocycles. The van der Waals surface area contributed by atoms with Gasteiger partial charge in [0.1, 0.15) is 25.5 Å². The summed E-state index contributed by atoms with van der Waals surface area (Å²) in [6, 6.07) is 7.33. The number of aromatic nitrogens is 2. The predicted octanol–water partition coefficient (Wildman–Crippen LogP) is 7.64. The van der Waals surface area contributed by atoms with Gasteiger partial charge in [0.15, 0.2) is 6.79 Å². The molecule has 2 aromatic carbocycles. The third-order valence-corrected chi connectivity index (χ3v) is 18.0. The summed E-state index contributed by atoms with van der Waals surface area (Å²) >= 11 is 0. The number of hydrogen-bond acceptors (Lipinski definition) is 9. The second-order valence-electron chi connectivity index (χ2n) is 16.5. The number of hydrogen-bond donors (Lipinski definition) is 2. The summed E-state index contributed by atoms with van der Waals surface area (Å²) in [6.45, 7) is 17.2. The van der Waals surface area contributed by atoms with E-state index in [2.05, 4.69) is 57.9 Å². The van der Waals surface area contributed by atoms with Crippen LogP contribution in [-0.2, 0) is 22.5 Å². The molecule has 2 N–H and O–H groups in total. The highest BCUT2D eigenvalue weighted by Crippen LogP contribution is 2.46. The predicted molar refractivity (Wildman–Crippen MR) is 204 cm³/mol. The molecule has 52 heavy (non-hydrogen) atoms. The second-order valence-corrected chi connectivity index (χ2v) is 22.0. The number of piperidine rings is 1. The molecule has 0 radical (unpaired) electrons. The standard InChI is InChI=1S/C41H56FN3O6Si/c1-26(2)52(27(3)4,28(5)6)17-12-31-34(42)11-10-29-18-30(51-25-48-8)19-32(37(29)31)36-20-35-33(21-49-36)38(45-16-9-13-40(7,47)22-45)44-39(43-35)50-24-41(23-46)14-15-41/h10-11,18-19,26-28,36,46-47H,9,13-16,20-25H2,1-8H3/t36?,40-/m1/s1. The molecule has 6 rings (SSSR count). The lowest BCUT2D eigenvalue weighted by Gasteiger charge is -2.39. The summed E-state index contributed by atoms with van der Waals surface area (Å²) in [4.78, 5) is 11.9. The van der Waals surface area contributed by atoms with E-state index in [0.717, 1.165) is 48.0 Å². The van der Waals surface area contributed by atoms with Gasteiger partial charge in [0.2, 0.25) is 0 Å². The third-order valence-electron chi connectivity index (χ3n) is 11.7. The van der Waals surface area contributed by atoms with Crippen LogP contribution in [0.15, 0.2) is 24.3 Å². The molecule has 0 amide bonds. The Morgan fingerprint density at radius 2 is 1.79 bits per heavy atom. The van der Waals surface area contributed by atoms with Gasteiger partial charge in [-0.15, -0.1) is 5.54 Å². The lowest BCUT2D eigenvalue weighted by molar-refractivity contribution is 0.0245. The topological polar surface area (TPSA) is 106 Å². The molecule has 2 aliphatic heterocycles. The van der Waals surface area contributed by atoms with E-state index in [-0.39, 0.29) is 37.2 Å². The van der Waals surface area contributed by atoms with Gasteiger partial charge in [0.25, 0.3) is 0 Å². The van der Waals surface area contributed by atoms with Gasteiger partial charge in [0.05, 0.1) is 42.8 Å². The number of benzene rings is 2. The Kier molecular flexibility index (Phi) is 11.3. The first-order chi connectivity index (χ1) is 24.7. The van der Waals surface area contributed by atoms with Crippen molar-refractivity contribution in [2.24, 2.45) is 5.41 Å². The summed E-state index contributed by atoms with van der Waals surface area (Å²) < 4.78 is 40.2. The average Bonchev–Trinajstić information content (AvgIpc) is 3.89. The minimum absolute atomic E-state index is 0.0567. The van der Waals surface area contributed by atoms with Crippen LogP contribution in [0.1, 0.15) is 103 Å². The Bertz CT molecular complexity index is 1810. The highest BCUT2D eigenvalue weighted by atomic mass is 28.3. The number of anilines is 1. The molecule has 1 aromatic heterocycles. The van der Waals surface area contributed by atoms with Crippen LogP contribution in [0.2, 0.25) is 16.6 Å². The van der Waals surface area contributed by atoms with E-state index in [9.17, 15) is 10.2 Å². The Hall–Kier alpha value is -3.27. The number of nitrogens with zero attached hydrogens (tertiary/aromatic N) is 3. The van der Waals surface area contributed by atoms with Crippen molar-refractivity contribution < 1.29 is 33.6 Å². The van der Waals surface area contributed by atoms with Crippen LogP contribution in [0.25, 0.3) is 10.8 Å². The number of ether oxygens (including phenoxy) is 4. The van der Waals surface area contributed by atoms with Crippen molar-refractivity contribution in [3.05, 3.63) is 52.5 Å². The summed E-state index contributed by atoms with van der Waals surface area (Å²) in [7, 11) is -0.608. The van der Waals surface area contributed by atoms with E-state index in [4.69, 9.17) is 28.9 Å². The second kappa shape index (κ2) is 15.2. The van der Waals surface area contributed by atoms with Crippen molar-refractivity contribution in [1.29, 1.82) is 0 Å². The van der Waals surface area contributed by atoms with Gasteiger partial charge in [-0.05, 0) is 78.4 Å². The molecule has 9 nitrogen and oxygen atoms in total. The summed E-state index contributed by atoms with van der Waals surface area (Å²) in [5.74, 6) is 4.35. The molecule has 282 valence electrons. The van der Waals surface area contributed by atoms with Gasteiger partial charge in [-0.25, -0.2) is 4.39 Å². The first-order valence-electron chi connectivity index (χ1n) is 18.9. The zero-order chi connectivity index (χ0) is 37.4. The smallest absolute Gasteiger partial charge is 0.318 e. The van der Waals surface area contributed by atoms with Crippen LogP contribution in [0.4, 0.5) is 10.2 Å². The first-order valence-corrected chi connectivity index (χ1v) is 21.1. The van der Waals surface area contributed by atoms with Crippen LogP contribution in [0.5, 0.6) is 11.8 Å². The number of aliphatic hydroxyl groups is 2. The van der Waals surface area contributed by atoms with Crippen LogP contribution in [-0.4, -0.2) is 74.1 Å². The zero-order valence-corrected chi connectivity index (χ0v) is 33.1. The molecule has 3 aromatic rings. The fourth-order valence-electron chi connectivity index (χ4n) is 8.53. The van der Waals surface area contributed by atoms with Gasteiger partial charge in [-0.2, -0.15) is 9.97 Å². The number of fused-ring (bicyclic) bond motifs is 2. The van der Waals surface area contributed by atoms with Gasteiger partial charge < -0.3 is 34.1 Å². The number of aliphatic hydroxyl groups excluding tert-OH is 1. The Labute approximate surface area is 309 Å². The molecular weight excluding hydrogens is 678 g/mol. The molecule has 0 bridgehead atoms. The SMILES string of the molecule is COCOc1cc(C2Cc3nc(OCC4(CO)CC4)nc(N4CCC[C@@](C)(O)C4)c3CO2)c2c(C#C[Si](C(C)C)(C(C)C)C(C)C)c(F)ccc2c1. The Balaban J connectivity index is 1.47. The maximum Gasteiger partial charge on any atom is 0.318 e. The minimum atomic E-state index is -2.18. The fourth-order valence-corrected chi connectivity index (χ4v) is 13.7. The maximum absolute atomic E-state index is 16.1. The van der Waals surface area contributed by atoms with Crippen LogP contribution in [0, 0.1) is 22.7 Å². The first kappa shape index (κ1) is 38.5. The number of β-amino-alcohol motifs (C(OH)–C–C–N with tert-alkyl or cyclic N) is 1. The van der Waals surface area contributed by atoms with Crippen molar-refractivity contribution in [2.75, 3.05) is 45.1 Å². The molecular formula is C41H56FN3O6Si. The molecule has 2 fully saturated rings. The van der Waals surface area contributed by atoms with Gasteiger partial charge in [0, 0.05) is 43.0 Å². The zero-order valence-electron chi connectivity index (χ0n) is 32.1. The van der Waals surface area contributed by atoms with Crippen LogP contribution < -0.4 is 14.4 Å². The largest absolute Gasteiger partial charge is 0.468 e. The molecule has 11 heteroatoms. The van der Waals surface area contributed by atoms with Crippen LogP contribution >= 0.6 is 0 Å². The molecule has 2 atom stereocenters. The lowest BCUT2D eigenvalue weighted by atomic mass is 9.91. The maximum atomic E-state index is 16.1. The van der Waals surface area contributed by atoms with E-state index < -0.39 is 19.8 Å². The quantitative estimate of drug-likeness (QED) is 0.110. The summed E-state index contributed by atoms with van der Waals surface area (Å²) in [5, 5.41) is 22.5. The van der Waals surface area contributed by atoms with E-state index in [1.54, 1.807) is 13.2 Å². The number of halogens is 1. The van der Waals surface area contributed by atoms with E-state index in [1.807, 2.05) is 19.1 Å². The molecule has 1 saturated heterocycles. The normalized spacial score (nSPS) is 21.3. The van der Waals surface area contributed by atoms with Crippen molar-refractivity contribution in [3.63, 3.8) is 0 Å². The Morgan fingerprint density at radius 3 is 2.42 bits per heavy atom. The van der Waals surface area contributed by atoms with E-state index >= 15 is 4.39 Å². The van der Waals surface area contributed by atoms with Crippen molar-refractivity contribution in [3.8, 4) is 23.2 Å². The third kappa shape index (κ3) is 7.69. The Morgan fingerprint density at radius 1 is 1.06 bits per heavy atom. The van der Waals surface area contributed by atoms with Crippen molar-refractivity contribution in [2.45, 2.75) is 116 Å². The van der Waals surface area contributed by atoms with Crippen molar-refractivity contribution >= 4 is 24.7 Å². The number of rotatable bonds is 12. The molecule has 3 aliphatic rings. The summed E-state index contributed by atoms with van der Waals surface area (Å²) in [5.41, 5.74) is 6.61. The van der Waals surface area contributed by atoms with E-state index in [1.165, 1.54) is 6.07 Å². The minimum Gasteiger partial charge on any atom is -0.468 e. The lowest BCUT2D eigenvalue weighted by Crippen LogP contribution is -2.47. The average molecular weight is 734 g/mol. The van der Waals surface area contributed by atoms with Gasteiger partial charge in [-0.1, -0.05) is 53.5 Å².